The molecule has 0 radical (unpaired) electrons. The van der Waals surface area contributed by atoms with Gasteiger partial charge in [0.05, 0.1) is 17.8 Å². The zero-order valence-corrected chi connectivity index (χ0v) is 20.0. The molecular formula is C23H27ClF3N5O3. The summed E-state index contributed by atoms with van der Waals surface area (Å²) in [4.78, 5) is 29.1. The van der Waals surface area contributed by atoms with E-state index in [9.17, 15) is 22.8 Å². The van der Waals surface area contributed by atoms with Gasteiger partial charge in [0.15, 0.2) is 5.69 Å². The number of nitrogens with zero attached hydrogens (tertiary/aromatic N) is 4. The fourth-order valence-corrected chi connectivity index (χ4v) is 4.65. The lowest BCUT2D eigenvalue weighted by Crippen LogP contribution is -2.53. The van der Waals surface area contributed by atoms with Gasteiger partial charge in [0, 0.05) is 43.8 Å². The maximum Gasteiger partial charge on any atom is 0.416 e. The lowest BCUT2D eigenvalue weighted by atomic mass is 10.1. The number of fused-ring (bicyclic) bond motifs is 1. The van der Waals surface area contributed by atoms with Crippen LogP contribution in [0.1, 0.15) is 47.1 Å². The summed E-state index contributed by atoms with van der Waals surface area (Å²) in [6.45, 7) is 4.89. The van der Waals surface area contributed by atoms with Crippen LogP contribution < -0.4 is 5.32 Å². The van der Waals surface area contributed by atoms with Gasteiger partial charge in [0.25, 0.3) is 5.91 Å². The molecule has 2 aliphatic heterocycles. The van der Waals surface area contributed by atoms with Crippen LogP contribution in [0.5, 0.6) is 0 Å². The van der Waals surface area contributed by atoms with Gasteiger partial charge in [-0.2, -0.15) is 18.3 Å². The molecule has 35 heavy (non-hydrogen) atoms. The molecule has 2 amide bonds. The van der Waals surface area contributed by atoms with E-state index in [2.05, 4.69) is 10.4 Å². The molecule has 2 aliphatic rings. The lowest BCUT2D eigenvalue weighted by molar-refractivity contribution is -0.137. The van der Waals surface area contributed by atoms with Crippen LogP contribution in [0.15, 0.2) is 24.3 Å². The van der Waals surface area contributed by atoms with Crippen molar-refractivity contribution in [3.8, 4) is 0 Å². The summed E-state index contributed by atoms with van der Waals surface area (Å²) < 4.78 is 46.1. The van der Waals surface area contributed by atoms with Gasteiger partial charge in [-0.05, 0) is 42.7 Å². The van der Waals surface area contributed by atoms with Crippen molar-refractivity contribution in [1.82, 2.24) is 24.9 Å². The van der Waals surface area contributed by atoms with Crippen LogP contribution in [0, 0.1) is 0 Å². The van der Waals surface area contributed by atoms with E-state index in [1.54, 1.807) is 10.7 Å². The minimum atomic E-state index is -4.55. The van der Waals surface area contributed by atoms with Crippen LogP contribution in [0.2, 0.25) is 5.02 Å². The number of carbonyl (C=O) groups is 2. The Hall–Kier alpha value is -2.79. The Balaban J connectivity index is 1.42. The van der Waals surface area contributed by atoms with Crippen LogP contribution >= 0.6 is 11.6 Å². The van der Waals surface area contributed by atoms with Gasteiger partial charge in [0.1, 0.15) is 6.61 Å². The standard InChI is InChI=1S/C23H27ClF3N5O3/c1-2-18-12-28-4-7-31(18)21(33)20-11-19-13-30(5-3-6-32(19)29-20)22(34)35-14-15-8-16(23(25,26)27)10-17(24)9-15/h8-11,18,28H,2-7,12-14H2,1H3. The van der Waals surface area contributed by atoms with E-state index >= 15 is 0 Å². The highest BCUT2D eigenvalue weighted by atomic mass is 35.5. The predicted molar refractivity (Wildman–Crippen MR) is 122 cm³/mol. The molecule has 1 unspecified atom stereocenters. The first-order chi connectivity index (χ1) is 16.7. The van der Waals surface area contributed by atoms with Crippen molar-refractivity contribution in [2.24, 2.45) is 0 Å². The van der Waals surface area contributed by atoms with E-state index < -0.39 is 17.8 Å². The predicted octanol–water partition coefficient (Wildman–Crippen LogP) is 3.92. The van der Waals surface area contributed by atoms with Crippen LogP contribution in [-0.4, -0.2) is 63.8 Å². The highest BCUT2D eigenvalue weighted by molar-refractivity contribution is 6.30. The topological polar surface area (TPSA) is 79.7 Å². The lowest BCUT2D eigenvalue weighted by Gasteiger charge is -2.35. The first kappa shape index (κ1) is 25.3. The van der Waals surface area contributed by atoms with Gasteiger partial charge in [-0.1, -0.05) is 18.5 Å². The molecule has 0 bridgehead atoms. The summed E-state index contributed by atoms with van der Waals surface area (Å²) in [5.41, 5.74) is 0.288. The number of aromatic nitrogens is 2. The molecule has 3 heterocycles. The molecule has 2 aromatic rings. The van der Waals surface area contributed by atoms with Crippen molar-refractivity contribution >= 4 is 23.6 Å². The van der Waals surface area contributed by atoms with E-state index in [0.717, 1.165) is 31.6 Å². The number of hydrogen-bond acceptors (Lipinski definition) is 5. The number of nitrogens with one attached hydrogen (secondary N) is 1. The molecule has 1 fully saturated rings. The van der Waals surface area contributed by atoms with E-state index in [1.165, 1.54) is 11.0 Å². The SMILES string of the molecule is CCC1CNCCN1C(=O)c1cc2n(n1)CCCN(C(=O)OCc1cc(Cl)cc(C(F)(F)F)c1)C2. The summed E-state index contributed by atoms with van der Waals surface area (Å²) >= 11 is 5.80. The molecule has 1 N–H and O–H groups in total. The molecule has 1 saturated heterocycles. The third kappa shape index (κ3) is 5.90. The highest BCUT2D eigenvalue weighted by Gasteiger charge is 2.32. The van der Waals surface area contributed by atoms with Crippen molar-refractivity contribution in [2.75, 3.05) is 26.2 Å². The average Bonchev–Trinajstić information content (AvgIpc) is 3.12. The van der Waals surface area contributed by atoms with Crippen molar-refractivity contribution in [3.63, 3.8) is 0 Å². The number of aryl methyl sites for hydroxylation is 1. The molecule has 0 saturated carbocycles. The van der Waals surface area contributed by atoms with Crippen molar-refractivity contribution < 1.29 is 27.5 Å². The Kier molecular flexibility index (Phi) is 7.56. The van der Waals surface area contributed by atoms with Gasteiger partial charge in [-0.25, -0.2) is 4.79 Å². The molecule has 0 aliphatic carbocycles. The molecule has 1 aromatic heterocycles. The Labute approximate surface area is 205 Å². The fourth-order valence-electron chi connectivity index (χ4n) is 4.40. The zero-order valence-electron chi connectivity index (χ0n) is 19.3. The van der Waals surface area contributed by atoms with E-state index in [4.69, 9.17) is 16.3 Å². The number of hydrogen-bond donors (Lipinski definition) is 1. The molecular weight excluding hydrogens is 487 g/mol. The van der Waals surface area contributed by atoms with E-state index in [0.29, 0.717) is 37.4 Å². The third-order valence-electron chi connectivity index (χ3n) is 6.22. The number of alkyl halides is 3. The smallest absolute Gasteiger partial charge is 0.416 e. The number of carbonyl (C=O) groups excluding carboxylic acids is 2. The number of amides is 2. The molecule has 0 spiro atoms. The summed E-state index contributed by atoms with van der Waals surface area (Å²) in [6, 6.07) is 4.88. The molecule has 12 heteroatoms. The number of ether oxygens (including phenoxy) is 1. The highest BCUT2D eigenvalue weighted by Crippen LogP contribution is 2.32. The van der Waals surface area contributed by atoms with Crippen molar-refractivity contribution in [1.29, 1.82) is 0 Å². The summed E-state index contributed by atoms with van der Waals surface area (Å²) in [7, 11) is 0. The second kappa shape index (κ2) is 10.4. The molecule has 8 nitrogen and oxygen atoms in total. The van der Waals surface area contributed by atoms with Crippen molar-refractivity contribution in [3.05, 3.63) is 51.8 Å². The Morgan fingerprint density at radius 3 is 2.74 bits per heavy atom. The van der Waals surface area contributed by atoms with Gasteiger partial charge >= 0.3 is 12.3 Å². The third-order valence-corrected chi connectivity index (χ3v) is 6.44. The average molecular weight is 514 g/mol. The monoisotopic (exact) mass is 513 g/mol. The van der Waals surface area contributed by atoms with Crippen LogP contribution in [0.4, 0.5) is 18.0 Å². The molecule has 190 valence electrons. The second-order valence-electron chi connectivity index (χ2n) is 8.68. The van der Waals surface area contributed by atoms with E-state index in [-0.39, 0.29) is 35.7 Å². The number of piperazine rings is 1. The zero-order chi connectivity index (χ0) is 25.2. The minimum Gasteiger partial charge on any atom is -0.445 e. The number of rotatable bonds is 4. The van der Waals surface area contributed by atoms with Crippen LogP contribution in [0.3, 0.4) is 0 Å². The van der Waals surface area contributed by atoms with Gasteiger partial charge in [0.2, 0.25) is 0 Å². The van der Waals surface area contributed by atoms with Gasteiger partial charge in [-0.3, -0.25) is 9.48 Å². The van der Waals surface area contributed by atoms with E-state index in [1.807, 2.05) is 11.8 Å². The van der Waals surface area contributed by atoms with Gasteiger partial charge in [-0.15, -0.1) is 0 Å². The van der Waals surface area contributed by atoms with Crippen molar-refractivity contribution in [2.45, 2.75) is 51.7 Å². The molecule has 4 rings (SSSR count). The van der Waals surface area contributed by atoms with Gasteiger partial charge < -0.3 is 19.9 Å². The Bertz CT molecular complexity index is 1090. The largest absolute Gasteiger partial charge is 0.445 e. The Morgan fingerprint density at radius 1 is 1.20 bits per heavy atom. The maximum absolute atomic E-state index is 13.1. The summed E-state index contributed by atoms with van der Waals surface area (Å²) in [6.07, 6.45) is -3.78. The minimum absolute atomic E-state index is 0.0865. The normalized spacial score (nSPS) is 18.7. The second-order valence-corrected chi connectivity index (χ2v) is 9.12. The molecule has 1 aromatic carbocycles. The number of halogens is 4. The first-order valence-corrected chi connectivity index (χ1v) is 11.9. The number of benzene rings is 1. The van der Waals surface area contributed by atoms with Crippen LogP contribution in [0.25, 0.3) is 0 Å². The first-order valence-electron chi connectivity index (χ1n) is 11.5. The Morgan fingerprint density at radius 2 is 2.00 bits per heavy atom. The van der Waals surface area contributed by atoms with Crippen LogP contribution in [-0.2, 0) is 30.6 Å². The molecule has 1 atom stereocenters. The fraction of sp³-hybridized carbons (Fsp3) is 0.522. The summed E-state index contributed by atoms with van der Waals surface area (Å²) in [5, 5.41) is 7.70. The summed E-state index contributed by atoms with van der Waals surface area (Å²) in [5.74, 6) is -0.130. The maximum atomic E-state index is 13.1. The quantitative estimate of drug-likeness (QED) is 0.670.